The molecular formula is C31H29F2N3O3. The van der Waals surface area contributed by atoms with E-state index in [4.69, 9.17) is 0 Å². The van der Waals surface area contributed by atoms with Gasteiger partial charge in [-0.05, 0) is 85.2 Å². The summed E-state index contributed by atoms with van der Waals surface area (Å²) >= 11 is 0. The van der Waals surface area contributed by atoms with Gasteiger partial charge in [-0.15, -0.1) is 0 Å². The molecule has 0 radical (unpaired) electrons. The third kappa shape index (κ3) is 4.51. The van der Waals surface area contributed by atoms with Crippen LogP contribution in [0.5, 0.6) is 0 Å². The Bertz CT molecular complexity index is 1560. The molecule has 2 amide bonds. The van der Waals surface area contributed by atoms with Crippen LogP contribution in [0.3, 0.4) is 0 Å². The van der Waals surface area contributed by atoms with E-state index in [-0.39, 0.29) is 35.0 Å². The summed E-state index contributed by atoms with van der Waals surface area (Å²) in [5, 5.41) is 1.16. The standard InChI is InChI=1S/C31H29F2N3O3/c1-31(2)30(39)36(16-18-11-12-35(15-18)29(38)19-3-4-19)28(34-31)25-9-6-21(14-27(25)33)23-8-5-20-13-22(32)7-10-24(20)26(23)17-37/h5-10,13-14,17-19H,3-4,11-12,15-16H2,1-2H3/t18-/m1/s1. The lowest BCUT2D eigenvalue weighted by atomic mass is 9.94. The van der Waals surface area contributed by atoms with Gasteiger partial charge in [0.2, 0.25) is 5.91 Å². The summed E-state index contributed by atoms with van der Waals surface area (Å²) < 4.78 is 29.4. The number of rotatable bonds is 6. The van der Waals surface area contributed by atoms with E-state index in [1.807, 2.05) is 4.90 Å². The fourth-order valence-electron chi connectivity index (χ4n) is 5.77. The first kappa shape index (κ1) is 25.3. The Morgan fingerprint density at radius 1 is 1.05 bits per heavy atom. The van der Waals surface area contributed by atoms with E-state index in [9.17, 15) is 18.8 Å². The van der Waals surface area contributed by atoms with Gasteiger partial charge in [-0.25, -0.2) is 8.78 Å². The van der Waals surface area contributed by atoms with Crippen molar-refractivity contribution in [2.75, 3.05) is 19.6 Å². The predicted molar refractivity (Wildman–Crippen MR) is 144 cm³/mol. The van der Waals surface area contributed by atoms with Crippen molar-refractivity contribution in [3.05, 3.63) is 71.3 Å². The van der Waals surface area contributed by atoms with Gasteiger partial charge in [0.25, 0.3) is 5.91 Å². The van der Waals surface area contributed by atoms with Gasteiger partial charge in [-0.2, -0.15) is 0 Å². The highest BCUT2D eigenvalue weighted by atomic mass is 19.1. The quantitative estimate of drug-likeness (QED) is 0.411. The Balaban J connectivity index is 1.30. The third-order valence-electron chi connectivity index (χ3n) is 8.04. The average molecular weight is 530 g/mol. The van der Waals surface area contributed by atoms with Crippen molar-refractivity contribution in [3.8, 4) is 11.1 Å². The zero-order valence-corrected chi connectivity index (χ0v) is 21.9. The molecular weight excluding hydrogens is 500 g/mol. The molecule has 2 fully saturated rings. The Morgan fingerprint density at radius 3 is 2.54 bits per heavy atom. The highest BCUT2D eigenvalue weighted by Gasteiger charge is 2.44. The van der Waals surface area contributed by atoms with Crippen molar-refractivity contribution in [3.63, 3.8) is 0 Å². The van der Waals surface area contributed by atoms with Crippen LogP contribution in [0.25, 0.3) is 21.9 Å². The number of fused-ring (bicyclic) bond motifs is 1. The van der Waals surface area contributed by atoms with Crippen LogP contribution in [0.1, 0.15) is 49.0 Å². The van der Waals surface area contributed by atoms with Gasteiger partial charge in [-0.1, -0.05) is 24.3 Å². The van der Waals surface area contributed by atoms with Crippen molar-refractivity contribution in [1.82, 2.24) is 9.80 Å². The smallest absolute Gasteiger partial charge is 0.255 e. The second-order valence-electron chi connectivity index (χ2n) is 11.3. The number of likely N-dealkylation sites (tertiary alicyclic amines) is 1. The maximum absolute atomic E-state index is 15.7. The summed E-state index contributed by atoms with van der Waals surface area (Å²) in [7, 11) is 0. The molecule has 6 rings (SSSR count). The fourth-order valence-corrected chi connectivity index (χ4v) is 5.77. The van der Waals surface area contributed by atoms with Gasteiger partial charge in [-0.3, -0.25) is 24.3 Å². The maximum atomic E-state index is 15.7. The number of aliphatic imine (C=N–C) groups is 1. The number of carbonyl (C=O) groups is 3. The summed E-state index contributed by atoms with van der Waals surface area (Å²) in [6.07, 6.45) is 3.40. The molecule has 2 aliphatic heterocycles. The topological polar surface area (TPSA) is 70.1 Å². The van der Waals surface area contributed by atoms with Crippen LogP contribution in [0.4, 0.5) is 8.78 Å². The molecule has 6 nitrogen and oxygen atoms in total. The second-order valence-corrected chi connectivity index (χ2v) is 11.3. The van der Waals surface area contributed by atoms with E-state index in [2.05, 4.69) is 4.99 Å². The van der Waals surface area contributed by atoms with Crippen molar-refractivity contribution in [2.24, 2.45) is 16.8 Å². The zero-order valence-electron chi connectivity index (χ0n) is 21.9. The molecule has 3 aliphatic rings. The number of hydrogen-bond donors (Lipinski definition) is 0. The van der Waals surface area contributed by atoms with Crippen LogP contribution in [0.15, 0.2) is 53.5 Å². The number of hydrogen-bond acceptors (Lipinski definition) is 4. The Hall–Kier alpha value is -3.94. The molecule has 1 saturated carbocycles. The summed E-state index contributed by atoms with van der Waals surface area (Å²) in [6, 6.07) is 12.2. The lowest BCUT2D eigenvalue weighted by Crippen LogP contribution is -2.43. The predicted octanol–water partition coefficient (Wildman–Crippen LogP) is 5.22. The summed E-state index contributed by atoms with van der Waals surface area (Å²) in [6.45, 7) is 5.07. The first-order valence-electron chi connectivity index (χ1n) is 13.3. The van der Waals surface area contributed by atoms with Crippen LogP contribution in [0, 0.1) is 23.5 Å². The van der Waals surface area contributed by atoms with Crippen LogP contribution in [0.2, 0.25) is 0 Å². The number of benzene rings is 3. The number of halogens is 2. The normalized spacial score (nSPS) is 20.6. The molecule has 2 heterocycles. The highest BCUT2D eigenvalue weighted by molar-refractivity contribution is 6.15. The molecule has 0 spiro atoms. The first-order chi connectivity index (χ1) is 18.7. The molecule has 8 heteroatoms. The molecule has 3 aromatic carbocycles. The van der Waals surface area contributed by atoms with Crippen LogP contribution >= 0.6 is 0 Å². The minimum atomic E-state index is -1.03. The van der Waals surface area contributed by atoms with Crippen LogP contribution in [-0.2, 0) is 9.59 Å². The van der Waals surface area contributed by atoms with Crippen molar-refractivity contribution < 1.29 is 23.2 Å². The molecule has 1 atom stereocenters. The molecule has 0 aromatic heterocycles. The summed E-state index contributed by atoms with van der Waals surface area (Å²) in [4.78, 5) is 45.9. The number of carbonyl (C=O) groups excluding carboxylic acids is 3. The summed E-state index contributed by atoms with van der Waals surface area (Å²) in [5.74, 6) is -0.422. The molecule has 1 aliphatic carbocycles. The zero-order chi connectivity index (χ0) is 27.5. The van der Waals surface area contributed by atoms with Gasteiger partial charge < -0.3 is 4.90 Å². The largest absolute Gasteiger partial charge is 0.342 e. The Kier molecular flexibility index (Phi) is 6.08. The SMILES string of the molecule is CC1(C)N=C(c2ccc(-c3ccc4cc(F)ccc4c3C=O)cc2F)N(C[C@@H]2CCN(C(=O)C3CC3)C2)C1=O. The number of amidine groups is 1. The number of nitrogens with zero attached hydrogens (tertiary/aromatic N) is 3. The molecule has 0 unspecified atom stereocenters. The van der Waals surface area contributed by atoms with E-state index in [1.165, 1.54) is 18.2 Å². The van der Waals surface area contributed by atoms with E-state index < -0.39 is 17.2 Å². The second kappa shape index (κ2) is 9.36. The first-order valence-corrected chi connectivity index (χ1v) is 13.3. The minimum Gasteiger partial charge on any atom is -0.342 e. The molecule has 1 saturated heterocycles. The lowest BCUT2D eigenvalue weighted by molar-refractivity contribution is -0.131. The van der Waals surface area contributed by atoms with Gasteiger partial charge in [0.05, 0.1) is 5.56 Å². The van der Waals surface area contributed by atoms with Gasteiger partial charge >= 0.3 is 0 Å². The number of amides is 2. The third-order valence-corrected chi connectivity index (χ3v) is 8.04. The molecule has 39 heavy (non-hydrogen) atoms. The van der Waals surface area contributed by atoms with Gasteiger partial charge in [0, 0.05) is 31.1 Å². The van der Waals surface area contributed by atoms with Crippen molar-refractivity contribution in [1.29, 1.82) is 0 Å². The monoisotopic (exact) mass is 529 g/mol. The molecule has 200 valence electrons. The minimum absolute atomic E-state index is 0.0932. The van der Waals surface area contributed by atoms with Crippen molar-refractivity contribution >= 4 is 34.7 Å². The summed E-state index contributed by atoms with van der Waals surface area (Å²) in [5.41, 5.74) is 0.549. The average Bonchev–Trinajstić information content (AvgIpc) is 3.62. The van der Waals surface area contributed by atoms with E-state index >= 15 is 4.39 Å². The van der Waals surface area contributed by atoms with Crippen molar-refractivity contribution in [2.45, 2.75) is 38.6 Å². The Morgan fingerprint density at radius 2 is 1.82 bits per heavy atom. The van der Waals surface area contributed by atoms with E-state index in [0.29, 0.717) is 53.4 Å². The van der Waals surface area contributed by atoms with Gasteiger partial charge in [0.15, 0.2) is 6.29 Å². The molecule has 0 N–H and O–H groups in total. The van der Waals surface area contributed by atoms with E-state index in [0.717, 1.165) is 19.3 Å². The fraction of sp³-hybridized carbons (Fsp3) is 0.355. The number of aldehydes is 1. The van der Waals surface area contributed by atoms with Crippen LogP contribution < -0.4 is 0 Å². The van der Waals surface area contributed by atoms with E-state index in [1.54, 1.807) is 49.1 Å². The van der Waals surface area contributed by atoms with Crippen LogP contribution in [-0.4, -0.2) is 58.9 Å². The maximum Gasteiger partial charge on any atom is 0.255 e. The highest BCUT2D eigenvalue weighted by Crippen LogP contribution is 2.35. The molecule has 3 aromatic rings. The molecule has 0 bridgehead atoms. The van der Waals surface area contributed by atoms with Gasteiger partial charge in [0.1, 0.15) is 23.0 Å². The lowest BCUT2D eigenvalue weighted by Gasteiger charge is -2.25. The Labute approximate surface area is 225 Å².